The molecule has 1 aliphatic heterocycles. The molecule has 0 aliphatic carbocycles. The molecule has 2 heteroatoms. The third kappa shape index (κ3) is 4.84. The van der Waals surface area contributed by atoms with E-state index in [-0.39, 0.29) is 0 Å². The minimum absolute atomic E-state index is 0.600. The standard InChI is InChI=1S/C14H30N2/c1-4-7-14(3,5-2)8-6-11-16-12-9-15-10-13-16/h15H,4-13H2,1-3H3. The summed E-state index contributed by atoms with van der Waals surface area (Å²) in [7, 11) is 0. The fourth-order valence-corrected chi connectivity index (χ4v) is 2.75. The highest BCUT2D eigenvalue weighted by Crippen LogP contribution is 2.32. The van der Waals surface area contributed by atoms with Crippen LogP contribution in [-0.2, 0) is 0 Å². The monoisotopic (exact) mass is 226 g/mol. The van der Waals surface area contributed by atoms with Gasteiger partial charge >= 0.3 is 0 Å². The molecule has 1 atom stereocenters. The molecule has 0 amide bonds. The minimum atomic E-state index is 0.600. The second kappa shape index (κ2) is 7.29. The van der Waals surface area contributed by atoms with E-state index in [1.54, 1.807) is 0 Å². The smallest absolute Gasteiger partial charge is 0.0107 e. The van der Waals surface area contributed by atoms with Crippen LogP contribution in [0.4, 0.5) is 0 Å². The SMILES string of the molecule is CCCC(C)(CC)CCCN1CCNCC1. The summed E-state index contributed by atoms with van der Waals surface area (Å²) in [4.78, 5) is 2.61. The lowest BCUT2D eigenvalue weighted by Gasteiger charge is -2.31. The first-order valence-electron chi connectivity index (χ1n) is 7.13. The van der Waals surface area contributed by atoms with E-state index in [2.05, 4.69) is 31.0 Å². The van der Waals surface area contributed by atoms with Crippen molar-refractivity contribution in [3.63, 3.8) is 0 Å². The van der Waals surface area contributed by atoms with Crippen molar-refractivity contribution in [3.8, 4) is 0 Å². The number of rotatable bonds is 7. The van der Waals surface area contributed by atoms with E-state index in [0.717, 1.165) is 0 Å². The molecule has 0 saturated carbocycles. The fourth-order valence-electron chi connectivity index (χ4n) is 2.75. The molecule has 1 fully saturated rings. The van der Waals surface area contributed by atoms with E-state index in [4.69, 9.17) is 0 Å². The van der Waals surface area contributed by atoms with Crippen molar-refractivity contribution in [2.75, 3.05) is 32.7 Å². The lowest BCUT2D eigenvalue weighted by Crippen LogP contribution is -2.43. The molecule has 0 aromatic heterocycles. The highest BCUT2D eigenvalue weighted by Gasteiger charge is 2.20. The van der Waals surface area contributed by atoms with Crippen molar-refractivity contribution >= 4 is 0 Å². The molecule has 0 radical (unpaired) electrons. The van der Waals surface area contributed by atoms with E-state index >= 15 is 0 Å². The van der Waals surface area contributed by atoms with Crippen LogP contribution in [0.15, 0.2) is 0 Å². The third-order valence-electron chi connectivity index (χ3n) is 4.17. The van der Waals surface area contributed by atoms with Gasteiger partial charge in [0.2, 0.25) is 0 Å². The average molecular weight is 226 g/mol. The van der Waals surface area contributed by atoms with Crippen molar-refractivity contribution < 1.29 is 0 Å². The maximum Gasteiger partial charge on any atom is 0.0107 e. The van der Waals surface area contributed by atoms with Crippen LogP contribution >= 0.6 is 0 Å². The number of nitrogens with zero attached hydrogens (tertiary/aromatic N) is 1. The summed E-state index contributed by atoms with van der Waals surface area (Å²) in [6, 6.07) is 0. The molecule has 96 valence electrons. The Morgan fingerprint density at radius 2 is 1.81 bits per heavy atom. The van der Waals surface area contributed by atoms with Gasteiger partial charge in [0, 0.05) is 26.2 Å². The number of piperazine rings is 1. The zero-order valence-corrected chi connectivity index (χ0v) is 11.5. The van der Waals surface area contributed by atoms with Gasteiger partial charge < -0.3 is 10.2 Å². The molecule has 1 heterocycles. The van der Waals surface area contributed by atoms with Crippen LogP contribution in [0.5, 0.6) is 0 Å². The molecule has 1 saturated heterocycles. The van der Waals surface area contributed by atoms with Gasteiger partial charge in [-0.2, -0.15) is 0 Å². The Labute approximate surface area is 102 Å². The van der Waals surface area contributed by atoms with Gasteiger partial charge in [-0.3, -0.25) is 0 Å². The van der Waals surface area contributed by atoms with Gasteiger partial charge in [-0.1, -0.05) is 33.6 Å². The Hall–Kier alpha value is -0.0800. The molecule has 1 aliphatic rings. The van der Waals surface area contributed by atoms with Crippen molar-refractivity contribution in [2.24, 2.45) is 5.41 Å². The highest BCUT2D eigenvalue weighted by molar-refractivity contribution is 4.74. The normalized spacial score (nSPS) is 21.9. The Balaban J connectivity index is 2.16. The van der Waals surface area contributed by atoms with Crippen molar-refractivity contribution in [2.45, 2.75) is 52.9 Å². The quantitative estimate of drug-likeness (QED) is 0.718. The van der Waals surface area contributed by atoms with Gasteiger partial charge in [-0.15, -0.1) is 0 Å². The molecule has 0 aromatic rings. The summed E-state index contributed by atoms with van der Waals surface area (Å²) in [6.45, 7) is 13.3. The molecule has 0 bridgehead atoms. The van der Waals surface area contributed by atoms with Gasteiger partial charge in [-0.25, -0.2) is 0 Å². The first kappa shape index (κ1) is 14.0. The van der Waals surface area contributed by atoms with E-state index in [9.17, 15) is 0 Å². The first-order valence-corrected chi connectivity index (χ1v) is 7.13. The minimum Gasteiger partial charge on any atom is -0.314 e. The summed E-state index contributed by atoms with van der Waals surface area (Å²) in [6.07, 6.45) is 6.84. The molecule has 16 heavy (non-hydrogen) atoms. The average Bonchev–Trinajstić information content (AvgIpc) is 2.31. The molecule has 1 rings (SSSR count). The maximum absolute atomic E-state index is 3.41. The fraction of sp³-hybridized carbons (Fsp3) is 1.00. The number of nitrogens with one attached hydrogen (secondary N) is 1. The highest BCUT2D eigenvalue weighted by atomic mass is 15.2. The summed E-state index contributed by atoms with van der Waals surface area (Å²) >= 11 is 0. The Kier molecular flexibility index (Phi) is 6.37. The van der Waals surface area contributed by atoms with Gasteiger partial charge in [-0.05, 0) is 31.2 Å². The lowest BCUT2D eigenvalue weighted by atomic mass is 9.79. The van der Waals surface area contributed by atoms with Gasteiger partial charge in [0.05, 0.1) is 0 Å². The van der Waals surface area contributed by atoms with E-state index < -0.39 is 0 Å². The van der Waals surface area contributed by atoms with Crippen LogP contribution < -0.4 is 5.32 Å². The lowest BCUT2D eigenvalue weighted by molar-refractivity contribution is 0.200. The van der Waals surface area contributed by atoms with Crippen LogP contribution in [0.1, 0.15) is 52.9 Å². The Morgan fingerprint density at radius 1 is 1.12 bits per heavy atom. The molecule has 2 nitrogen and oxygen atoms in total. The van der Waals surface area contributed by atoms with Crippen LogP contribution in [0, 0.1) is 5.41 Å². The second-order valence-electron chi connectivity index (χ2n) is 5.61. The Bertz CT molecular complexity index is 176. The predicted octanol–water partition coefficient (Wildman–Crippen LogP) is 2.89. The molecular formula is C14H30N2. The maximum atomic E-state index is 3.41. The summed E-state index contributed by atoms with van der Waals surface area (Å²) in [5.41, 5.74) is 0.600. The topological polar surface area (TPSA) is 15.3 Å². The van der Waals surface area contributed by atoms with Crippen LogP contribution in [0.3, 0.4) is 0 Å². The first-order chi connectivity index (χ1) is 7.70. The molecule has 1 unspecified atom stereocenters. The molecule has 0 aromatic carbocycles. The Morgan fingerprint density at radius 3 is 2.38 bits per heavy atom. The number of hydrogen-bond donors (Lipinski definition) is 1. The second-order valence-corrected chi connectivity index (χ2v) is 5.61. The molecular weight excluding hydrogens is 196 g/mol. The van der Waals surface area contributed by atoms with Crippen LogP contribution in [0.25, 0.3) is 0 Å². The number of hydrogen-bond acceptors (Lipinski definition) is 2. The van der Waals surface area contributed by atoms with Crippen LogP contribution in [0.2, 0.25) is 0 Å². The van der Waals surface area contributed by atoms with Gasteiger partial charge in [0.1, 0.15) is 0 Å². The molecule has 0 spiro atoms. The zero-order chi connectivity index (χ0) is 11.9. The molecule has 1 N–H and O–H groups in total. The zero-order valence-electron chi connectivity index (χ0n) is 11.5. The van der Waals surface area contributed by atoms with Gasteiger partial charge in [0.15, 0.2) is 0 Å². The van der Waals surface area contributed by atoms with Gasteiger partial charge in [0.25, 0.3) is 0 Å². The van der Waals surface area contributed by atoms with E-state index in [1.165, 1.54) is 64.8 Å². The predicted molar refractivity (Wildman–Crippen MR) is 71.8 cm³/mol. The van der Waals surface area contributed by atoms with Crippen molar-refractivity contribution in [1.82, 2.24) is 10.2 Å². The third-order valence-corrected chi connectivity index (χ3v) is 4.17. The largest absolute Gasteiger partial charge is 0.314 e. The summed E-state index contributed by atoms with van der Waals surface area (Å²) in [5.74, 6) is 0. The van der Waals surface area contributed by atoms with Crippen molar-refractivity contribution in [3.05, 3.63) is 0 Å². The van der Waals surface area contributed by atoms with E-state index in [0.29, 0.717) is 5.41 Å². The summed E-state index contributed by atoms with van der Waals surface area (Å²) in [5, 5.41) is 3.41. The van der Waals surface area contributed by atoms with Crippen LogP contribution in [-0.4, -0.2) is 37.6 Å². The summed E-state index contributed by atoms with van der Waals surface area (Å²) < 4.78 is 0. The van der Waals surface area contributed by atoms with Crippen molar-refractivity contribution in [1.29, 1.82) is 0 Å². The van der Waals surface area contributed by atoms with E-state index in [1.807, 2.05) is 0 Å².